The van der Waals surface area contributed by atoms with E-state index in [4.69, 9.17) is 11.6 Å². The van der Waals surface area contributed by atoms with Gasteiger partial charge in [0.05, 0.1) is 11.3 Å². The van der Waals surface area contributed by atoms with Crippen LogP contribution in [0.4, 0.5) is 5.69 Å². The maximum absolute atomic E-state index is 12.1. The molecule has 2 amide bonds. The lowest BCUT2D eigenvalue weighted by Gasteiger charge is -2.22. The van der Waals surface area contributed by atoms with Crippen LogP contribution < -0.4 is 16.0 Å². The van der Waals surface area contributed by atoms with E-state index in [-0.39, 0.29) is 24.2 Å². The Morgan fingerprint density at radius 1 is 1.30 bits per heavy atom. The minimum absolute atomic E-state index is 0. The van der Waals surface area contributed by atoms with Crippen molar-refractivity contribution >= 4 is 41.5 Å². The first-order valence-electron chi connectivity index (χ1n) is 7.62. The van der Waals surface area contributed by atoms with Crippen molar-refractivity contribution in [3.05, 3.63) is 28.8 Å². The molecule has 0 saturated carbocycles. The Bertz CT molecular complexity index is 546. The van der Waals surface area contributed by atoms with E-state index in [2.05, 4.69) is 16.0 Å². The highest BCUT2D eigenvalue weighted by Gasteiger charge is 2.16. The van der Waals surface area contributed by atoms with Crippen molar-refractivity contribution in [2.45, 2.75) is 25.7 Å². The summed E-state index contributed by atoms with van der Waals surface area (Å²) >= 11 is 5.92. The molecule has 0 aromatic heterocycles. The van der Waals surface area contributed by atoms with Crippen LogP contribution in [0.3, 0.4) is 0 Å². The zero-order chi connectivity index (χ0) is 15.9. The monoisotopic (exact) mass is 359 g/mol. The number of piperidine rings is 1. The van der Waals surface area contributed by atoms with Crippen LogP contribution in [0.15, 0.2) is 18.2 Å². The van der Waals surface area contributed by atoms with Gasteiger partial charge in [-0.25, -0.2) is 0 Å². The van der Waals surface area contributed by atoms with Crippen LogP contribution in [0.1, 0.15) is 36.0 Å². The number of nitrogens with one attached hydrogen (secondary N) is 3. The van der Waals surface area contributed by atoms with E-state index in [1.54, 1.807) is 25.2 Å². The first-order valence-corrected chi connectivity index (χ1v) is 8.00. The summed E-state index contributed by atoms with van der Waals surface area (Å²) in [5.41, 5.74) is 0.879. The van der Waals surface area contributed by atoms with Gasteiger partial charge >= 0.3 is 0 Å². The third-order valence-corrected chi connectivity index (χ3v) is 4.20. The van der Waals surface area contributed by atoms with Gasteiger partial charge in [0, 0.05) is 18.5 Å². The highest BCUT2D eigenvalue weighted by molar-refractivity contribution is 6.31. The highest BCUT2D eigenvalue weighted by Crippen LogP contribution is 2.22. The van der Waals surface area contributed by atoms with Gasteiger partial charge in [0.25, 0.3) is 5.91 Å². The number of amides is 2. The Balaban J connectivity index is 0.00000264. The number of carbonyl (C=O) groups excluding carboxylic acids is 2. The highest BCUT2D eigenvalue weighted by atomic mass is 35.5. The Morgan fingerprint density at radius 2 is 2.00 bits per heavy atom. The summed E-state index contributed by atoms with van der Waals surface area (Å²) in [6.07, 6.45) is 3.60. The predicted octanol–water partition coefficient (Wildman–Crippen LogP) is 2.84. The Morgan fingerprint density at radius 3 is 2.65 bits per heavy atom. The molecule has 0 bridgehead atoms. The number of hydrogen-bond acceptors (Lipinski definition) is 3. The molecule has 5 nitrogen and oxygen atoms in total. The van der Waals surface area contributed by atoms with Crippen LogP contribution in [0.5, 0.6) is 0 Å². The molecule has 7 heteroatoms. The molecule has 0 radical (unpaired) electrons. The second-order valence-corrected chi connectivity index (χ2v) is 5.99. The molecule has 1 aromatic rings. The number of carbonyl (C=O) groups is 2. The van der Waals surface area contributed by atoms with Gasteiger partial charge in [-0.2, -0.15) is 0 Å². The van der Waals surface area contributed by atoms with Gasteiger partial charge in [0.1, 0.15) is 0 Å². The predicted molar refractivity (Wildman–Crippen MR) is 95.5 cm³/mol. The summed E-state index contributed by atoms with van der Waals surface area (Å²) in [5, 5.41) is 9.15. The fraction of sp³-hybridized carbons (Fsp3) is 0.500. The smallest absolute Gasteiger partial charge is 0.253 e. The van der Waals surface area contributed by atoms with Crippen molar-refractivity contribution in [2.75, 3.05) is 25.5 Å². The zero-order valence-electron chi connectivity index (χ0n) is 13.2. The van der Waals surface area contributed by atoms with Crippen LogP contribution in [0, 0.1) is 5.92 Å². The number of halogens is 2. The molecule has 0 spiro atoms. The van der Waals surface area contributed by atoms with Crippen molar-refractivity contribution in [3.8, 4) is 0 Å². The number of rotatable bonds is 5. The number of benzene rings is 1. The molecule has 1 aliphatic heterocycles. The normalized spacial score (nSPS) is 14.7. The van der Waals surface area contributed by atoms with Crippen LogP contribution in [-0.4, -0.2) is 32.0 Å². The summed E-state index contributed by atoms with van der Waals surface area (Å²) in [6.45, 7) is 2.06. The van der Waals surface area contributed by atoms with Crippen molar-refractivity contribution in [1.29, 1.82) is 0 Å². The molecule has 1 saturated heterocycles. The molecule has 1 aliphatic rings. The maximum atomic E-state index is 12.1. The number of anilines is 1. The summed E-state index contributed by atoms with van der Waals surface area (Å²) in [7, 11) is 1.55. The van der Waals surface area contributed by atoms with Crippen LogP contribution in [-0.2, 0) is 4.79 Å². The molecule has 1 aromatic carbocycles. The van der Waals surface area contributed by atoms with Crippen molar-refractivity contribution in [3.63, 3.8) is 0 Å². The van der Waals surface area contributed by atoms with Crippen LogP contribution >= 0.6 is 24.0 Å². The van der Waals surface area contributed by atoms with Gasteiger partial charge in [-0.1, -0.05) is 11.6 Å². The average Bonchev–Trinajstić information content (AvgIpc) is 2.55. The molecular weight excluding hydrogens is 337 g/mol. The van der Waals surface area contributed by atoms with Crippen LogP contribution in [0.25, 0.3) is 0 Å². The summed E-state index contributed by atoms with van der Waals surface area (Å²) in [6, 6.07) is 4.88. The molecule has 23 heavy (non-hydrogen) atoms. The standard InChI is InChI=1S/C16H22ClN3O2.ClH/c1-18-16(22)13-10-12(17)3-4-14(13)20-15(21)5-2-11-6-8-19-9-7-11;/h3-4,10-11,19H,2,5-9H2,1H3,(H,18,22)(H,20,21);1H. The molecule has 1 fully saturated rings. The van der Waals surface area contributed by atoms with Crippen molar-refractivity contribution in [1.82, 2.24) is 10.6 Å². The molecular formula is C16H23Cl2N3O2. The van der Waals surface area contributed by atoms with Crippen molar-refractivity contribution in [2.24, 2.45) is 5.92 Å². The SMILES string of the molecule is CNC(=O)c1cc(Cl)ccc1NC(=O)CCC1CCNCC1.Cl. The maximum Gasteiger partial charge on any atom is 0.253 e. The van der Waals surface area contributed by atoms with Gasteiger partial charge in [0.2, 0.25) is 5.91 Å². The second kappa shape index (κ2) is 9.75. The lowest BCUT2D eigenvalue weighted by Crippen LogP contribution is -2.28. The van der Waals surface area contributed by atoms with Gasteiger partial charge < -0.3 is 16.0 Å². The lowest BCUT2D eigenvalue weighted by molar-refractivity contribution is -0.116. The molecule has 1 heterocycles. The zero-order valence-corrected chi connectivity index (χ0v) is 14.7. The molecule has 0 atom stereocenters. The first kappa shape index (κ1) is 19.7. The Labute approximate surface area is 148 Å². The lowest BCUT2D eigenvalue weighted by atomic mass is 9.93. The van der Waals surface area contributed by atoms with E-state index in [1.165, 1.54) is 0 Å². The number of hydrogen-bond donors (Lipinski definition) is 3. The largest absolute Gasteiger partial charge is 0.355 e. The third-order valence-electron chi connectivity index (χ3n) is 3.97. The molecule has 0 aliphatic carbocycles. The van der Waals surface area contributed by atoms with Gasteiger partial charge in [-0.15, -0.1) is 12.4 Å². The van der Waals surface area contributed by atoms with Crippen molar-refractivity contribution < 1.29 is 9.59 Å². The minimum atomic E-state index is -0.267. The quantitative estimate of drug-likeness (QED) is 0.756. The summed E-state index contributed by atoms with van der Waals surface area (Å²) < 4.78 is 0. The molecule has 128 valence electrons. The van der Waals surface area contributed by atoms with E-state index < -0.39 is 0 Å². The van der Waals surface area contributed by atoms with Gasteiger partial charge in [-0.05, 0) is 56.5 Å². The fourth-order valence-electron chi connectivity index (χ4n) is 2.67. The second-order valence-electron chi connectivity index (χ2n) is 5.55. The summed E-state index contributed by atoms with van der Waals surface area (Å²) in [4.78, 5) is 24.0. The van der Waals surface area contributed by atoms with E-state index in [0.29, 0.717) is 28.6 Å². The van der Waals surface area contributed by atoms with Gasteiger partial charge in [-0.3, -0.25) is 9.59 Å². The Hall–Kier alpha value is -1.30. The average molecular weight is 360 g/mol. The molecule has 0 unspecified atom stereocenters. The fourth-order valence-corrected chi connectivity index (χ4v) is 2.84. The van der Waals surface area contributed by atoms with E-state index >= 15 is 0 Å². The van der Waals surface area contributed by atoms with Crippen LogP contribution in [0.2, 0.25) is 5.02 Å². The van der Waals surface area contributed by atoms with E-state index in [9.17, 15) is 9.59 Å². The first-order chi connectivity index (χ1) is 10.6. The minimum Gasteiger partial charge on any atom is -0.355 e. The molecule has 2 rings (SSSR count). The van der Waals surface area contributed by atoms with E-state index in [0.717, 1.165) is 32.4 Å². The summed E-state index contributed by atoms with van der Waals surface area (Å²) in [5.74, 6) is 0.276. The van der Waals surface area contributed by atoms with Gasteiger partial charge in [0.15, 0.2) is 0 Å². The third kappa shape index (κ3) is 6.01. The van der Waals surface area contributed by atoms with E-state index in [1.807, 2.05) is 0 Å². The molecule has 3 N–H and O–H groups in total. The topological polar surface area (TPSA) is 70.2 Å². The Kier molecular flexibility index (Phi) is 8.37.